The molecule has 0 atom stereocenters. The van der Waals surface area contributed by atoms with Crippen LogP contribution in [-0.4, -0.2) is 38.2 Å². The van der Waals surface area contributed by atoms with Crippen molar-refractivity contribution in [2.24, 2.45) is 0 Å². The summed E-state index contributed by atoms with van der Waals surface area (Å²) in [5, 5.41) is 0. The fourth-order valence-electron chi connectivity index (χ4n) is 1.29. The Balaban J connectivity index is 2.60. The van der Waals surface area contributed by atoms with Crippen molar-refractivity contribution in [3.05, 3.63) is 18.0 Å². The van der Waals surface area contributed by atoms with Gasteiger partial charge in [-0.15, -0.1) is 0 Å². The van der Waals surface area contributed by atoms with Gasteiger partial charge in [0.2, 0.25) is 16.0 Å². The Labute approximate surface area is 108 Å². The van der Waals surface area contributed by atoms with Crippen molar-refractivity contribution in [3.63, 3.8) is 0 Å². The van der Waals surface area contributed by atoms with E-state index in [0.29, 0.717) is 18.1 Å². The van der Waals surface area contributed by atoms with E-state index in [4.69, 9.17) is 0 Å². The number of hydrogen-bond acceptors (Lipinski definition) is 5. The fraction of sp³-hybridized carbons (Fsp3) is 0.636. The van der Waals surface area contributed by atoms with E-state index in [-0.39, 0.29) is 12.3 Å². The van der Waals surface area contributed by atoms with Gasteiger partial charge in [0.1, 0.15) is 0 Å². The summed E-state index contributed by atoms with van der Waals surface area (Å²) in [5.74, 6) is 0.732. The summed E-state index contributed by atoms with van der Waals surface area (Å²) in [7, 11) is 0.477. The Morgan fingerprint density at radius 2 is 2.11 bits per heavy atom. The third kappa shape index (κ3) is 4.97. The normalized spacial score (nSPS) is 11.5. The molecule has 0 radical (unpaired) electrons. The molecule has 0 bridgehead atoms. The van der Waals surface area contributed by atoms with Crippen LogP contribution in [0.25, 0.3) is 0 Å². The van der Waals surface area contributed by atoms with Crippen LogP contribution in [0, 0.1) is 0 Å². The van der Waals surface area contributed by atoms with Crippen LogP contribution >= 0.6 is 0 Å². The molecule has 0 aromatic carbocycles. The van der Waals surface area contributed by atoms with Crippen molar-refractivity contribution in [1.82, 2.24) is 14.7 Å². The van der Waals surface area contributed by atoms with Gasteiger partial charge in [-0.1, -0.05) is 13.3 Å². The summed E-state index contributed by atoms with van der Waals surface area (Å²) in [6.07, 6.45) is 3.15. The molecule has 0 amide bonds. The van der Waals surface area contributed by atoms with Crippen LogP contribution in [0.15, 0.2) is 12.3 Å². The third-order valence-electron chi connectivity index (χ3n) is 2.34. The first kappa shape index (κ1) is 14.8. The van der Waals surface area contributed by atoms with E-state index in [1.54, 1.807) is 17.2 Å². The van der Waals surface area contributed by atoms with Gasteiger partial charge in [-0.05, 0) is 12.5 Å². The molecular weight excluding hydrogens is 252 g/mol. The predicted octanol–water partition coefficient (Wildman–Crippen LogP) is 0.762. The summed E-state index contributed by atoms with van der Waals surface area (Å²) >= 11 is 0. The first-order valence-corrected chi connectivity index (χ1v) is 7.56. The van der Waals surface area contributed by atoms with Crippen LogP contribution in [0.5, 0.6) is 0 Å². The summed E-state index contributed by atoms with van der Waals surface area (Å²) in [6, 6.07) is 1.70. The number of nitrogens with one attached hydrogen (secondary N) is 1. The molecule has 102 valence electrons. The average molecular weight is 272 g/mol. The Morgan fingerprint density at radius 1 is 1.39 bits per heavy atom. The van der Waals surface area contributed by atoms with Gasteiger partial charge in [-0.2, -0.15) is 0 Å². The van der Waals surface area contributed by atoms with Gasteiger partial charge in [0.25, 0.3) is 0 Å². The standard InChI is InChI=1S/C11H20N4O2S/c1-4-5-8-18(16,17)13-9-10-6-7-12-11(14-10)15(2)3/h6-7,13H,4-5,8-9H2,1-3H3. The predicted molar refractivity (Wildman–Crippen MR) is 71.9 cm³/mol. The van der Waals surface area contributed by atoms with Gasteiger partial charge >= 0.3 is 0 Å². The highest BCUT2D eigenvalue weighted by molar-refractivity contribution is 7.89. The number of nitrogens with zero attached hydrogens (tertiary/aromatic N) is 3. The number of hydrogen-bond donors (Lipinski definition) is 1. The van der Waals surface area contributed by atoms with Crippen molar-refractivity contribution in [1.29, 1.82) is 0 Å². The molecule has 1 rings (SSSR count). The molecular formula is C11H20N4O2S. The number of rotatable bonds is 7. The minimum atomic E-state index is -3.20. The molecule has 0 aliphatic carbocycles. The van der Waals surface area contributed by atoms with Crippen molar-refractivity contribution in [2.45, 2.75) is 26.3 Å². The molecule has 1 aromatic heterocycles. The zero-order valence-corrected chi connectivity index (χ0v) is 11.9. The van der Waals surface area contributed by atoms with Crippen molar-refractivity contribution in [2.75, 3.05) is 24.7 Å². The van der Waals surface area contributed by atoms with Crippen LogP contribution in [-0.2, 0) is 16.6 Å². The van der Waals surface area contributed by atoms with E-state index >= 15 is 0 Å². The van der Waals surface area contributed by atoms with E-state index < -0.39 is 10.0 Å². The van der Waals surface area contributed by atoms with E-state index in [1.165, 1.54) is 0 Å². The monoisotopic (exact) mass is 272 g/mol. The largest absolute Gasteiger partial charge is 0.347 e. The van der Waals surface area contributed by atoms with Crippen LogP contribution in [0.4, 0.5) is 5.95 Å². The van der Waals surface area contributed by atoms with Gasteiger partial charge < -0.3 is 4.90 Å². The van der Waals surface area contributed by atoms with Gasteiger partial charge in [-0.3, -0.25) is 0 Å². The summed E-state index contributed by atoms with van der Waals surface area (Å²) in [4.78, 5) is 10.1. The smallest absolute Gasteiger partial charge is 0.225 e. The second-order valence-corrected chi connectivity index (χ2v) is 6.16. The zero-order chi connectivity index (χ0) is 13.6. The van der Waals surface area contributed by atoms with Gasteiger partial charge in [0.15, 0.2) is 0 Å². The Morgan fingerprint density at radius 3 is 2.72 bits per heavy atom. The number of aromatic nitrogens is 2. The molecule has 0 spiro atoms. The summed E-state index contributed by atoms with van der Waals surface area (Å²) in [6.45, 7) is 2.17. The molecule has 0 saturated carbocycles. The summed E-state index contributed by atoms with van der Waals surface area (Å²) in [5.41, 5.74) is 0.661. The van der Waals surface area contributed by atoms with E-state index in [1.807, 2.05) is 21.0 Å². The highest BCUT2D eigenvalue weighted by Crippen LogP contribution is 2.04. The van der Waals surface area contributed by atoms with E-state index in [9.17, 15) is 8.42 Å². The lowest BCUT2D eigenvalue weighted by Crippen LogP contribution is -2.26. The lowest BCUT2D eigenvalue weighted by molar-refractivity contribution is 0.577. The lowest BCUT2D eigenvalue weighted by atomic mass is 10.4. The average Bonchev–Trinajstić information content (AvgIpc) is 2.34. The molecule has 1 heterocycles. The fourth-order valence-corrected chi connectivity index (χ4v) is 2.47. The Kier molecular flexibility index (Phi) is 5.49. The van der Waals surface area contributed by atoms with E-state index in [0.717, 1.165) is 6.42 Å². The van der Waals surface area contributed by atoms with Crippen molar-refractivity contribution >= 4 is 16.0 Å². The molecule has 1 N–H and O–H groups in total. The molecule has 0 saturated heterocycles. The molecule has 0 aliphatic rings. The maximum Gasteiger partial charge on any atom is 0.225 e. The molecule has 1 aromatic rings. The van der Waals surface area contributed by atoms with Crippen molar-refractivity contribution in [3.8, 4) is 0 Å². The number of anilines is 1. The summed E-state index contributed by atoms with van der Waals surface area (Å²) < 4.78 is 25.8. The highest BCUT2D eigenvalue weighted by Gasteiger charge is 2.10. The molecule has 18 heavy (non-hydrogen) atoms. The first-order valence-electron chi connectivity index (χ1n) is 5.91. The molecule has 7 heteroatoms. The minimum Gasteiger partial charge on any atom is -0.347 e. The first-order chi connectivity index (χ1) is 8.44. The second kappa shape index (κ2) is 6.65. The van der Waals surface area contributed by atoms with E-state index in [2.05, 4.69) is 14.7 Å². The highest BCUT2D eigenvalue weighted by atomic mass is 32.2. The Bertz CT molecular complexity index is 474. The topological polar surface area (TPSA) is 75.2 Å². The lowest BCUT2D eigenvalue weighted by Gasteiger charge is -2.11. The minimum absolute atomic E-state index is 0.162. The van der Waals surface area contributed by atoms with Crippen LogP contribution in [0.1, 0.15) is 25.5 Å². The number of sulfonamides is 1. The van der Waals surface area contributed by atoms with Crippen molar-refractivity contribution < 1.29 is 8.42 Å². The third-order valence-corrected chi connectivity index (χ3v) is 3.75. The second-order valence-electron chi connectivity index (χ2n) is 4.24. The van der Waals surface area contributed by atoms with Crippen LogP contribution < -0.4 is 9.62 Å². The number of unbranched alkanes of at least 4 members (excludes halogenated alkanes) is 1. The molecule has 0 fully saturated rings. The molecule has 0 unspecified atom stereocenters. The van der Waals surface area contributed by atoms with Gasteiger partial charge in [0, 0.05) is 20.3 Å². The zero-order valence-electron chi connectivity index (χ0n) is 11.0. The van der Waals surface area contributed by atoms with Crippen LogP contribution in [0.2, 0.25) is 0 Å². The van der Waals surface area contributed by atoms with Crippen LogP contribution in [0.3, 0.4) is 0 Å². The van der Waals surface area contributed by atoms with Gasteiger partial charge in [-0.25, -0.2) is 23.1 Å². The van der Waals surface area contributed by atoms with Gasteiger partial charge in [0.05, 0.1) is 18.0 Å². The molecule has 6 nitrogen and oxygen atoms in total. The Hall–Kier alpha value is -1.21. The SMILES string of the molecule is CCCCS(=O)(=O)NCc1ccnc(N(C)C)n1. The maximum atomic E-state index is 11.6. The maximum absolute atomic E-state index is 11.6. The molecule has 0 aliphatic heterocycles. The quantitative estimate of drug-likeness (QED) is 0.793.